The standard InChI is InChI=1S/C23H26FN3OS/c24-18-7-5-17(6-8-18)16-27-20-9-14-29-22(20)15-21(27)23(28)26-12-10-25(11-13-26)19-3-1-2-4-19/h5-9,14-15,19H,1-4,10-13,16H2. The zero-order chi connectivity index (χ0) is 19.8. The second kappa shape index (κ2) is 7.92. The smallest absolute Gasteiger partial charge is 0.270 e. The Labute approximate surface area is 174 Å². The van der Waals surface area contributed by atoms with Gasteiger partial charge in [0.05, 0.1) is 10.2 Å². The third-order valence-electron chi connectivity index (χ3n) is 6.44. The second-order valence-electron chi connectivity index (χ2n) is 8.18. The Hall–Kier alpha value is -2.18. The number of amides is 1. The van der Waals surface area contributed by atoms with Gasteiger partial charge in [-0.3, -0.25) is 9.69 Å². The van der Waals surface area contributed by atoms with Crippen molar-refractivity contribution in [1.82, 2.24) is 14.4 Å². The van der Waals surface area contributed by atoms with E-state index in [0.29, 0.717) is 6.54 Å². The van der Waals surface area contributed by atoms with Crippen molar-refractivity contribution in [3.63, 3.8) is 0 Å². The van der Waals surface area contributed by atoms with Crippen molar-refractivity contribution in [3.8, 4) is 0 Å². The lowest BCUT2D eigenvalue weighted by Crippen LogP contribution is -2.51. The van der Waals surface area contributed by atoms with Crippen molar-refractivity contribution in [2.45, 2.75) is 38.3 Å². The van der Waals surface area contributed by atoms with E-state index in [1.807, 2.05) is 11.0 Å². The molecule has 6 heteroatoms. The average molecular weight is 412 g/mol. The fourth-order valence-electron chi connectivity index (χ4n) is 4.82. The maximum Gasteiger partial charge on any atom is 0.270 e. The quantitative estimate of drug-likeness (QED) is 0.628. The predicted molar refractivity (Wildman–Crippen MR) is 115 cm³/mol. The zero-order valence-corrected chi connectivity index (χ0v) is 17.3. The number of carbonyl (C=O) groups excluding carboxylic acids is 1. The molecule has 5 rings (SSSR count). The summed E-state index contributed by atoms with van der Waals surface area (Å²) in [5, 5.41) is 2.06. The second-order valence-corrected chi connectivity index (χ2v) is 9.13. The van der Waals surface area contributed by atoms with Crippen LogP contribution in [0.4, 0.5) is 4.39 Å². The molecule has 29 heavy (non-hydrogen) atoms. The monoisotopic (exact) mass is 411 g/mol. The van der Waals surface area contributed by atoms with Gasteiger partial charge in [0.25, 0.3) is 5.91 Å². The number of carbonyl (C=O) groups is 1. The molecular formula is C23H26FN3OS. The van der Waals surface area contributed by atoms with Crippen LogP contribution in [0.15, 0.2) is 41.8 Å². The maximum absolute atomic E-state index is 13.4. The van der Waals surface area contributed by atoms with E-state index >= 15 is 0 Å². The van der Waals surface area contributed by atoms with Crippen LogP contribution in [0.3, 0.4) is 0 Å². The molecule has 0 radical (unpaired) electrons. The van der Waals surface area contributed by atoms with Gasteiger partial charge in [-0.2, -0.15) is 0 Å². The summed E-state index contributed by atoms with van der Waals surface area (Å²) in [5.74, 6) is -0.125. The number of halogens is 1. The van der Waals surface area contributed by atoms with Crippen molar-refractivity contribution in [1.29, 1.82) is 0 Å². The first-order valence-corrected chi connectivity index (χ1v) is 11.4. The maximum atomic E-state index is 13.4. The first kappa shape index (κ1) is 18.8. The number of rotatable bonds is 4. The molecule has 3 heterocycles. The van der Waals surface area contributed by atoms with Crippen LogP contribution in [-0.4, -0.2) is 52.5 Å². The highest BCUT2D eigenvalue weighted by Gasteiger charge is 2.29. The third-order valence-corrected chi connectivity index (χ3v) is 7.29. The lowest BCUT2D eigenvalue weighted by molar-refractivity contribution is 0.0564. The summed E-state index contributed by atoms with van der Waals surface area (Å²) in [5.41, 5.74) is 2.81. The number of hydrogen-bond acceptors (Lipinski definition) is 3. The summed E-state index contributed by atoms with van der Waals surface area (Å²) in [4.78, 5) is 18.0. The van der Waals surface area contributed by atoms with E-state index in [0.717, 1.165) is 53.7 Å². The van der Waals surface area contributed by atoms with Crippen LogP contribution in [0, 0.1) is 5.82 Å². The van der Waals surface area contributed by atoms with Gasteiger partial charge in [0.1, 0.15) is 11.5 Å². The number of piperazine rings is 1. The fraction of sp³-hybridized carbons (Fsp3) is 0.435. The van der Waals surface area contributed by atoms with E-state index in [2.05, 4.69) is 20.9 Å². The summed E-state index contributed by atoms with van der Waals surface area (Å²) >= 11 is 1.66. The lowest BCUT2D eigenvalue weighted by atomic mass is 10.1. The molecule has 0 unspecified atom stereocenters. The highest BCUT2D eigenvalue weighted by atomic mass is 32.1. The Balaban J connectivity index is 1.36. The third kappa shape index (κ3) is 3.71. The molecule has 152 valence electrons. The van der Waals surface area contributed by atoms with Crippen LogP contribution < -0.4 is 0 Å². The molecule has 0 spiro atoms. The Morgan fingerprint density at radius 1 is 1.03 bits per heavy atom. The van der Waals surface area contributed by atoms with E-state index in [4.69, 9.17) is 0 Å². The van der Waals surface area contributed by atoms with Crippen molar-refractivity contribution < 1.29 is 9.18 Å². The number of thiophene rings is 1. The van der Waals surface area contributed by atoms with Gasteiger partial charge in [-0.05, 0) is 48.1 Å². The number of nitrogens with zero attached hydrogens (tertiary/aromatic N) is 3. The van der Waals surface area contributed by atoms with Crippen molar-refractivity contribution in [2.24, 2.45) is 0 Å². The van der Waals surface area contributed by atoms with Crippen LogP contribution in [-0.2, 0) is 6.54 Å². The van der Waals surface area contributed by atoms with E-state index < -0.39 is 0 Å². The van der Waals surface area contributed by atoms with Crippen LogP contribution in [0.1, 0.15) is 41.7 Å². The molecule has 3 aromatic rings. The van der Waals surface area contributed by atoms with E-state index in [9.17, 15) is 9.18 Å². The van der Waals surface area contributed by atoms with Crippen LogP contribution in [0.5, 0.6) is 0 Å². The molecule has 0 atom stereocenters. The molecule has 2 aromatic heterocycles. The van der Waals surface area contributed by atoms with Crippen LogP contribution in [0.25, 0.3) is 10.2 Å². The highest BCUT2D eigenvalue weighted by Crippen LogP contribution is 2.28. The zero-order valence-electron chi connectivity index (χ0n) is 16.5. The molecule has 1 aliphatic heterocycles. The minimum absolute atomic E-state index is 0.113. The van der Waals surface area contributed by atoms with Gasteiger partial charge in [0.2, 0.25) is 0 Å². The van der Waals surface area contributed by atoms with Crippen LogP contribution >= 0.6 is 11.3 Å². The lowest BCUT2D eigenvalue weighted by Gasteiger charge is -2.38. The van der Waals surface area contributed by atoms with Crippen molar-refractivity contribution in [3.05, 3.63) is 58.9 Å². The Morgan fingerprint density at radius 3 is 2.48 bits per heavy atom. The summed E-state index contributed by atoms with van der Waals surface area (Å²) < 4.78 is 16.5. The van der Waals surface area contributed by atoms with Gasteiger partial charge in [-0.1, -0.05) is 25.0 Å². The molecule has 4 nitrogen and oxygen atoms in total. The number of aromatic nitrogens is 1. The molecule has 1 aromatic carbocycles. The Bertz CT molecular complexity index is 995. The van der Waals surface area contributed by atoms with E-state index in [1.54, 1.807) is 23.5 Å². The highest BCUT2D eigenvalue weighted by molar-refractivity contribution is 7.17. The summed E-state index contributed by atoms with van der Waals surface area (Å²) in [6.07, 6.45) is 5.31. The molecular weight excluding hydrogens is 385 g/mol. The van der Waals surface area contributed by atoms with Gasteiger partial charge in [-0.15, -0.1) is 11.3 Å². The molecule has 2 fully saturated rings. The summed E-state index contributed by atoms with van der Waals surface area (Å²) in [6, 6.07) is 11.4. The number of fused-ring (bicyclic) bond motifs is 1. The summed E-state index contributed by atoms with van der Waals surface area (Å²) in [6.45, 7) is 4.12. The average Bonchev–Trinajstić information content (AvgIpc) is 3.48. The number of benzene rings is 1. The van der Waals surface area contributed by atoms with Gasteiger partial charge in [0, 0.05) is 38.8 Å². The van der Waals surface area contributed by atoms with Crippen molar-refractivity contribution >= 4 is 27.5 Å². The molecule has 1 amide bonds. The van der Waals surface area contributed by atoms with E-state index in [1.165, 1.54) is 37.8 Å². The Kier molecular flexibility index (Phi) is 5.14. The molecule has 0 N–H and O–H groups in total. The SMILES string of the molecule is O=C(c1cc2sccc2n1Cc1ccc(F)cc1)N1CCN(C2CCCC2)CC1. The first-order valence-electron chi connectivity index (χ1n) is 10.5. The molecule has 0 bridgehead atoms. The van der Waals surface area contributed by atoms with Gasteiger partial charge in [-0.25, -0.2) is 4.39 Å². The number of hydrogen-bond donors (Lipinski definition) is 0. The minimum Gasteiger partial charge on any atom is -0.335 e. The summed E-state index contributed by atoms with van der Waals surface area (Å²) in [7, 11) is 0. The predicted octanol–water partition coefficient (Wildman–Crippen LogP) is 4.59. The van der Waals surface area contributed by atoms with Gasteiger partial charge in [0.15, 0.2) is 0 Å². The molecule has 1 aliphatic carbocycles. The first-order chi connectivity index (χ1) is 14.2. The Morgan fingerprint density at radius 2 is 1.76 bits per heavy atom. The van der Waals surface area contributed by atoms with E-state index in [-0.39, 0.29) is 11.7 Å². The molecule has 2 aliphatic rings. The minimum atomic E-state index is -0.238. The fourth-order valence-corrected chi connectivity index (χ4v) is 5.64. The van der Waals surface area contributed by atoms with Gasteiger partial charge < -0.3 is 9.47 Å². The topological polar surface area (TPSA) is 28.5 Å². The largest absolute Gasteiger partial charge is 0.335 e. The normalized spacial score (nSPS) is 18.7. The van der Waals surface area contributed by atoms with Gasteiger partial charge >= 0.3 is 0 Å². The van der Waals surface area contributed by atoms with Crippen LogP contribution in [0.2, 0.25) is 0 Å². The molecule has 1 saturated heterocycles. The molecule has 1 saturated carbocycles. The van der Waals surface area contributed by atoms with Crippen molar-refractivity contribution in [2.75, 3.05) is 26.2 Å².